The number of hydrogen-bond donors (Lipinski definition) is 1. The van der Waals surface area contributed by atoms with E-state index in [1.165, 1.54) is 0 Å². The predicted molar refractivity (Wildman–Crippen MR) is 156 cm³/mol. The van der Waals surface area contributed by atoms with Crippen LogP contribution in [-0.4, -0.2) is 39.7 Å². The van der Waals surface area contributed by atoms with Crippen molar-refractivity contribution in [3.8, 4) is 17.2 Å². The number of nitrogens with one attached hydrogen (secondary N) is 1. The molecule has 7 nitrogen and oxygen atoms in total. The zero-order valence-corrected chi connectivity index (χ0v) is 23.9. The highest BCUT2D eigenvalue weighted by atomic mass is 16.5. The molecule has 5 rings (SSSR count). The lowest BCUT2D eigenvalue weighted by molar-refractivity contribution is -0.139. The molecule has 0 saturated carbocycles. The summed E-state index contributed by atoms with van der Waals surface area (Å²) in [6, 6.07) is 23.6. The Morgan fingerprint density at radius 3 is 2.10 bits per heavy atom. The van der Waals surface area contributed by atoms with Gasteiger partial charge in [-0.2, -0.15) is 0 Å². The van der Waals surface area contributed by atoms with Crippen molar-refractivity contribution in [2.45, 2.75) is 38.0 Å². The number of rotatable bonds is 9. The molecular weight excluding hydrogens is 518 g/mol. The van der Waals surface area contributed by atoms with Gasteiger partial charge >= 0.3 is 5.97 Å². The van der Waals surface area contributed by atoms with E-state index in [1.54, 1.807) is 21.3 Å². The predicted octanol–water partition coefficient (Wildman–Crippen LogP) is 5.86. The standard InChI is InChI=1S/C34H35NO6/c1-21-30(34(37)41-16-15-22-11-7-5-8-12-22)31(25-19-28(38-2)33(40-4)29(20-25)39-3)32-26(35-21)17-24(18-27(32)36)23-13-9-6-10-14-23/h5-14,19-20,24,31,35H,15-18H2,1-4H3/t24-,31+/m1/s1. The first-order chi connectivity index (χ1) is 19.9. The molecule has 7 heteroatoms. The highest BCUT2D eigenvalue weighted by Gasteiger charge is 2.42. The maximum absolute atomic E-state index is 13.9. The summed E-state index contributed by atoms with van der Waals surface area (Å²) in [5, 5.41) is 3.42. The van der Waals surface area contributed by atoms with Crippen LogP contribution < -0.4 is 19.5 Å². The van der Waals surface area contributed by atoms with E-state index in [-0.39, 0.29) is 18.3 Å². The average molecular weight is 554 g/mol. The highest BCUT2D eigenvalue weighted by molar-refractivity contribution is 6.04. The molecule has 0 saturated heterocycles. The normalized spacial score (nSPS) is 18.4. The topological polar surface area (TPSA) is 83.1 Å². The maximum Gasteiger partial charge on any atom is 0.336 e. The number of carbonyl (C=O) groups excluding carboxylic acids is 2. The molecule has 0 radical (unpaired) electrons. The van der Waals surface area contributed by atoms with E-state index in [0.717, 1.165) is 16.8 Å². The molecule has 0 unspecified atom stereocenters. The average Bonchev–Trinajstić information content (AvgIpc) is 3.00. The zero-order chi connectivity index (χ0) is 28.9. The second kappa shape index (κ2) is 12.3. The van der Waals surface area contributed by atoms with Crippen molar-refractivity contribution in [2.75, 3.05) is 27.9 Å². The molecule has 0 aromatic heterocycles. The molecule has 0 amide bonds. The van der Waals surface area contributed by atoms with Crippen molar-refractivity contribution >= 4 is 11.8 Å². The van der Waals surface area contributed by atoms with Gasteiger partial charge in [0.05, 0.1) is 33.5 Å². The summed E-state index contributed by atoms with van der Waals surface area (Å²) < 4.78 is 22.6. The summed E-state index contributed by atoms with van der Waals surface area (Å²) in [6.07, 6.45) is 1.59. The molecule has 0 bridgehead atoms. The minimum absolute atomic E-state index is 0.00607. The summed E-state index contributed by atoms with van der Waals surface area (Å²) in [5.41, 5.74) is 5.35. The van der Waals surface area contributed by atoms with E-state index in [9.17, 15) is 9.59 Å². The van der Waals surface area contributed by atoms with Crippen LogP contribution in [0.15, 0.2) is 95.3 Å². The lowest BCUT2D eigenvalue weighted by Crippen LogP contribution is -2.36. The SMILES string of the molecule is COc1cc([C@H]2C(C(=O)OCCc3ccccc3)=C(C)NC3=C2C(=O)C[C@H](c2ccccc2)C3)cc(OC)c1OC. The van der Waals surface area contributed by atoms with Gasteiger partial charge in [-0.3, -0.25) is 4.79 Å². The smallest absolute Gasteiger partial charge is 0.336 e. The van der Waals surface area contributed by atoms with E-state index >= 15 is 0 Å². The number of Topliss-reactive ketones (excluding diaryl/α,β-unsaturated/α-hetero) is 1. The first-order valence-electron chi connectivity index (χ1n) is 13.7. The molecule has 1 aliphatic carbocycles. The van der Waals surface area contributed by atoms with Crippen molar-refractivity contribution < 1.29 is 28.5 Å². The van der Waals surface area contributed by atoms with Gasteiger partial charge in [0, 0.05) is 35.7 Å². The molecule has 3 aromatic carbocycles. The third-order valence-electron chi connectivity index (χ3n) is 7.81. The minimum atomic E-state index is -0.659. The van der Waals surface area contributed by atoms with Gasteiger partial charge in [-0.15, -0.1) is 0 Å². The molecule has 1 N–H and O–H groups in total. The van der Waals surface area contributed by atoms with Crippen LogP contribution in [0.2, 0.25) is 0 Å². The van der Waals surface area contributed by atoms with Gasteiger partial charge in [0.25, 0.3) is 0 Å². The van der Waals surface area contributed by atoms with Gasteiger partial charge < -0.3 is 24.3 Å². The maximum atomic E-state index is 13.9. The molecular formula is C34H35NO6. The molecule has 0 fully saturated rings. The fraction of sp³-hybridized carbons (Fsp3) is 0.294. The fourth-order valence-electron chi connectivity index (χ4n) is 5.86. The summed E-state index contributed by atoms with van der Waals surface area (Å²) in [6.45, 7) is 2.08. The van der Waals surface area contributed by atoms with Crippen LogP contribution in [-0.2, 0) is 20.7 Å². The van der Waals surface area contributed by atoms with Gasteiger partial charge in [0.1, 0.15) is 0 Å². The van der Waals surface area contributed by atoms with Crippen LogP contribution >= 0.6 is 0 Å². The molecule has 1 aliphatic heterocycles. The Morgan fingerprint density at radius 1 is 0.854 bits per heavy atom. The van der Waals surface area contributed by atoms with Crippen LogP contribution in [0.5, 0.6) is 17.2 Å². The van der Waals surface area contributed by atoms with E-state index in [0.29, 0.717) is 58.9 Å². The summed E-state index contributed by atoms with van der Waals surface area (Å²) in [5.74, 6) is 0.247. The van der Waals surface area contributed by atoms with Gasteiger partial charge in [0.15, 0.2) is 17.3 Å². The minimum Gasteiger partial charge on any atom is -0.493 e. The first-order valence-corrected chi connectivity index (χ1v) is 13.7. The van der Waals surface area contributed by atoms with Crippen molar-refractivity contribution in [2.24, 2.45) is 0 Å². The fourth-order valence-corrected chi connectivity index (χ4v) is 5.86. The van der Waals surface area contributed by atoms with Gasteiger partial charge in [-0.05, 0) is 48.1 Å². The van der Waals surface area contributed by atoms with Gasteiger partial charge in [-0.1, -0.05) is 60.7 Å². The van der Waals surface area contributed by atoms with Crippen LogP contribution in [0.1, 0.15) is 48.3 Å². The van der Waals surface area contributed by atoms with E-state index in [1.807, 2.05) is 67.6 Å². The van der Waals surface area contributed by atoms with Crippen molar-refractivity contribution in [1.29, 1.82) is 0 Å². The number of carbonyl (C=O) groups is 2. The third-order valence-corrected chi connectivity index (χ3v) is 7.81. The Bertz CT molecular complexity index is 1470. The number of ether oxygens (including phenoxy) is 4. The Kier molecular flexibility index (Phi) is 8.43. The molecule has 2 atom stereocenters. The van der Waals surface area contributed by atoms with Crippen LogP contribution in [0.3, 0.4) is 0 Å². The van der Waals surface area contributed by atoms with Gasteiger partial charge in [0.2, 0.25) is 5.75 Å². The summed E-state index contributed by atoms with van der Waals surface area (Å²) >= 11 is 0. The van der Waals surface area contributed by atoms with Crippen LogP contribution in [0.4, 0.5) is 0 Å². The Labute approximate surface area is 240 Å². The second-order valence-corrected chi connectivity index (χ2v) is 10.3. The Morgan fingerprint density at radius 2 is 1.49 bits per heavy atom. The summed E-state index contributed by atoms with van der Waals surface area (Å²) in [7, 11) is 4.63. The lowest BCUT2D eigenvalue weighted by Gasteiger charge is -2.37. The van der Waals surface area contributed by atoms with Crippen molar-refractivity contribution in [3.63, 3.8) is 0 Å². The quantitative estimate of drug-likeness (QED) is 0.332. The van der Waals surface area contributed by atoms with E-state index in [2.05, 4.69) is 17.4 Å². The Hall–Kier alpha value is -4.52. The van der Waals surface area contributed by atoms with E-state index < -0.39 is 11.9 Å². The Balaban J connectivity index is 1.55. The number of ketones is 1. The highest BCUT2D eigenvalue weighted by Crippen LogP contribution is 2.49. The number of methoxy groups -OCH3 is 3. The monoisotopic (exact) mass is 553 g/mol. The number of allylic oxidation sites excluding steroid dienone is 3. The van der Waals surface area contributed by atoms with Crippen LogP contribution in [0.25, 0.3) is 0 Å². The lowest BCUT2D eigenvalue weighted by atomic mass is 9.71. The van der Waals surface area contributed by atoms with Crippen LogP contribution in [0, 0.1) is 0 Å². The molecule has 41 heavy (non-hydrogen) atoms. The van der Waals surface area contributed by atoms with Crippen molar-refractivity contribution in [1.82, 2.24) is 5.32 Å². The molecule has 1 heterocycles. The number of esters is 1. The number of benzene rings is 3. The third kappa shape index (κ3) is 5.71. The van der Waals surface area contributed by atoms with Crippen molar-refractivity contribution in [3.05, 3.63) is 112 Å². The zero-order valence-electron chi connectivity index (χ0n) is 23.9. The number of dihydropyridines is 1. The second-order valence-electron chi connectivity index (χ2n) is 10.3. The van der Waals surface area contributed by atoms with Gasteiger partial charge in [-0.25, -0.2) is 4.79 Å². The molecule has 2 aliphatic rings. The molecule has 3 aromatic rings. The summed E-state index contributed by atoms with van der Waals surface area (Å²) in [4.78, 5) is 27.7. The van der Waals surface area contributed by atoms with E-state index in [4.69, 9.17) is 18.9 Å². The first kappa shape index (κ1) is 28.0. The number of hydrogen-bond acceptors (Lipinski definition) is 7. The molecule has 0 spiro atoms. The largest absolute Gasteiger partial charge is 0.493 e. The molecule has 212 valence electrons.